The quantitative estimate of drug-likeness (QED) is 0.914. The number of para-hydroxylation sites is 1. The van der Waals surface area contributed by atoms with Crippen molar-refractivity contribution in [2.75, 3.05) is 39.9 Å². The third kappa shape index (κ3) is 2.79. The van der Waals surface area contributed by atoms with Gasteiger partial charge in [0, 0.05) is 0 Å². The van der Waals surface area contributed by atoms with Crippen molar-refractivity contribution in [1.82, 2.24) is 0 Å². The van der Waals surface area contributed by atoms with E-state index in [1.165, 1.54) is 0 Å². The van der Waals surface area contributed by atoms with Gasteiger partial charge in [0.05, 0.1) is 32.7 Å². The molecule has 122 valence electrons. The summed E-state index contributed by atoms with van der Waals surface area (Å²) in [4.78, 5) is 0. The van der Waals surface area contributed by atoms with Gasteiger partial charge in [0.1, 0.15) is 13.2 Å². The fourth-order valence-electron chi connectivity index (χ4n) is 2.52. The van der Waals surface area contributed by atoms with Gasteiger partial charge in [-0.15, -0.1) is 0 Å². The summed E-state index contributed by atoms with van der Waals surface area (Å²) in [6.07, 6.45) is 0. The first kappa shape index (κ1) is 15.1. The minimum atomic E-state index is 0.523. The number of benzene rings is 2. The Morgan fingerprint density at radius 3 is 2.35 bits per heavy atom. The Labute approximate surface area is 134 Å². The van der Waals surface area contributed by atoms with E-state index < -0.39 is 0 Å². The van der Waals surface area contributed by atoms with Crippen LogP contribution in [0.1, 0.15) is 0 Å². The molecule has 0 aliphatic carbocycles. The van der Waals surface area contributed by atoms with Crippen LogP contribution in [0, 0.1) is 0 Å². The highest BCUT2D eigenvalue weighted by molar-refractivity contribution is 5.77. The Balaban J connectivity index is 2.01. The van der Waals surface area contributed by atoms with Crippen LogP contribution in [0.25, 0.3) is 0 Å². The molecule has 0 amide bonds. The minimum absolute atomic E-state index is 0.523. The lowest BCUT2D eigenvalue weighted by Crippen LogP contribution is -2.16. The van der Waals surface area contributed by atoms with Crippen molar-refractivity contribution in [1.29, 1.82) is 0 Å². The summed E-state index contributed by atoms with van der Waals surface area (Å²) in [5.74, 6) is 3.10. The zero-order valence-corrected chi connectivity index (χ0v) is 13.3. The maximum absolute atomic E-state index is 5.72. The van der Waals surface area contributed by atoms with Gasteiger partial charge < -0.3 is 29.0 Å². The van der Waals surface area contributed by atoms with Gasteiger partial charge in [-0.25, -0.2) is 0 Å². The van der Waals surface area contributed by atoms with Crippen LogP contribution in [0.4, 0.5) is 11.4 Å². The smallest absolute Gasteiger partial charge is 0.205 e. The van der Waals surface area contributed by atoms with E-state index in [0.29, 0.717) is 36.2 Å². The average Bonchev–Trinajstić information content (AvgIpc) is 2.61. The highest BCUT2D eigenvalue weighted by Gasteiger charge is 2.19. The molecule has 0 spiro atoms. The van der Waals surface area contributed by atoms with E-state index in [2.05, 4.69) is 5.32 Å². The molecule has 3 rings (SSSR count). The van der Waals surface area contributed by atoms with Gasteiger partial charge in [-0.3, -0.25) is 0 Å². The maximum atomic E-state index is 5.72. The predicted molar refractivity (Wildman–Crippen MR) is 86.8 cm³/mol. The van der Waals surface area contributed by atoms with Crippen LogP contribution in [0.2, 0.25) is 0 Å². The summed E-state index contributed by atoms with van der Waals surface area (Å²) in [5.41, 5.74) is 1.54. The second kappa shape index (κ2) is 6.56. The standard InChI is InChI=1S/C17H19NO5/c1-19-13-8-7-12(16(20-2)17(13)21-3)18-11-5-4-6-14-15(11)23-10-9-22-14/h4-8,18H,9-10H2,1-3H3. The molecule has 0 atom stereocenters. The van der Waals surface area contributed by atoms with Crippen LogP contribution in [0.3, 0.4) is 0 Å². The third-order valence-corrected chi connectivity index (χ3v) is 3.54. The molecule has 6 nitrogen and oxygen atoms in total. The Hall–Kier alpha value is -2.76. The molecule has 1 N–H and O–H groups in total. The fraction of sp³-hybridized carbons (Fsp3) is 0.294. The molecule has 0 fully saturated rings. The fourth-order valence-corrected chi connectivity index (χ4v) is 2.52. The van der Waals surface area contributed by atoms with E-state index in [-0.39, 0.29) is 0 Å². The zero-order valence-electron chi connectivity index (χ0n) is 13.3. The van der Waals surface area contributed by atoms with Crippen molar-refractivity contribution in [2.24, 2.45) is 0 Å². The number of fused-ring (bicyclic) bond motifs is 1. The molecule has 2 aromatic rings. The average molecular weight is 317 g/mol. The van der Waals surface area contributed by atoms with Gasteiger partial charge in [0.15, 0.2) is 23.0 Å². The molecule has 1 heterocycles. The van der Waals surface area contributed by atoms with Gasteiger partial charge in [-0.2, -0.15) is 0 Å². The van der Waals surface area contributed by atoms with Crippen molar-refractivity contribution in [3.63, 3.8) is 0 Å². The summed E-state index contributed by atoms with van der Waals surface area (Å²) in [5, 5.41) is 3.31. The lowest BCUT2D eigenvalue weighted by atomic mass is 10.2. The third-order valence-electron chi connectivity index (χ3n) is 3.54. The SMILES string of the molecule is COc1ccc(Nc2cccc3c2OCCO3)c(OC)c1OC. The van der Waals surface area contributed by atoms with Crippen molar-refractivity contribution in [2.45, 2.75) is 0 Å². The monoisotopic (exact) mass is 317 g/mol. The molecular weight excluding hydrogens is 298 g/mol. The van der Waals surface area contributed by atoms with Crippen LogP contribution in [-0.4, -0.2) is 34.5 Å². The molecule has 0 saturated carbocycles. The highest BCUT2D eigenvalue weighted by Crippen LogP contribution is 2.45. The Morgan fingerprint density at radius 1 is 0.826 bits per heavy atom. The maximum Gasteiger partial charge on any atom is 0.205 e. The van der Waals surface area contributed by atoms with E-state index in [1.54, 1.807) is 21.3 Å². The number of hydrogen-bond donors (Lipinski definition) is 1. The minimum Gasteiger partial charge on any atom is -0.493 e. The topological polar surface area (TPSA) is 58.2 Å². The molecule has 1 aliphatic heterocycles. The van der Waals surface area contributed by atoms with Crippen LogP contribution >= 0.6 is 0 Å². The number of nitrogens with one attached hydrogen (secondary N) is 1. The second-order valence-electron chi connectivity index (χ2n) is 4.84. The van der Waals surface area contributed by atoms with E-state index in [0.717, 1.165) is 17.1 Å². The van der Waals surface area contributed by atoms with Gasteiger partial charge in [0.25, 0.3) is 0 Å². The normalized spacial score (nSPS) is 12.5. The molecule has 6 heteroatoms. The van der Waals surface area contributed by atoms with Crippen molar-refractivity contribution >= 4 is 11.4 Å². The largest absolute Gasteiger partial charge is 0.493 e. The molecule has 0 unspecified atom stereocenters. The summed E-state index contributed by atoms with van der Waals surface area (Å²) in [6.45, 7) is 1.07. The summed E-state index contributed by atoms with van der Waals surface area (Å²) in [6, 6.07) is 9.39. The van der Waals surface area contributed by atoms with Crippen molar-refractivity contribution in [3.05, 3.63) is 30.3 Å². The molecular formula is C17H19NO5. The summed E-state index contributed by atoms with van der Waals surface area (Å²) in [7, 11) is 4.75. The first-order chi connectivity index (χ1) is 11.3. The lowest BCUT2D eigenvalue weighted by Gasteiger charge is -2.22. The Kier molecular flexibility index (Phi) is 4.32. The first-order valence-corrected chi connectivity index (χ1v) is 7.23. The second-order valence-corrected chi connectivity index (χ2v) is 4.84. The van der Waals surface area contributed by atoms with Gasteiger partial charge in [-0.1, -0.05) is 6.07 Å². The van der Waals surface area contributed by atoms with Crippen molar-refractivity contribution < 1.29 is 23.7 Å². The highest BCUT2D eigenvalue weighted by atomic mass is 16.6. The number of anilines is 2. The van der Waals surface area contributed by atoms with E-state index in [4.69, 9.17) is 23.7 Å². The van der Waals surface area contributed by atoms with Gasteiger partial charge in [0.2, 0.25) is 5.75 Å². The molecule has 0 radical (unpaired) electrons. The molecule has 23 heavy (non-hydrogen) atoms. The van der Waals surface area contributed by atoms with Crippen LogP contribution in [-0.2, 0) is 0 Å². The first-order valence-electron chi connectivity index (χ1n) is 7.23. The van der Waals surface area contributed by atoms with Crippen molar-refractivity contribution in [3.8, 4) is 28.7 Å². The number of rotatable bonds is 5. The van der Waals surface area contributed by atoms with Gasteiger partial charge >= 0.3 is 0 Å². The molecule has 1 aliphatic rings. The number of ether oxygens (including phenoxy) is 5. The van der Waals surface area contributed by atoms with Crippen LogP contribution < -0.4 is 29.0 Å². The van der Waals surface area contributed by atoms with Crippen LogP contribution in [0.15, 0.2) is 30.3 Å². The van der Waals surface area contributed by atoms with Gasteiger partial charge in [-0.05, 0) is 24.3 Å². The zero-order chi connectivity index (χ0) is 16.2. The molecule has 0 aromatic heterocycles. The lowest BCUT2D eigenvalue weighted by molar-refractivity contribution is 0.172. The van der Waals surface area contributed by atoms with E-state index in [9.17, 15) is 0 Å². The summed E-state index contributed by atoms with van der Waals surface area (Å²) >= 11 is 0. The molecule has 2 aromatic carbocycles. The van der Waals surface area contributed by atoms with E-state index >= 15 is 0 Å². The Morgan fingerprint density at radius 2 is 1.61 bits per heavy atom. The summed E-state index contributed by atoms with van der Waals surface area (Å²) < 4.78 is 27.5. The van der Waals surface area contributed by atoms with E-state index in [1.807, 2.05) is 30.3 Å². The van der Waals surface area contributed by atoms with Crippen LogP contribution in [0.5, 0.6) is 28.7 Å². The molecule has 0 saturated heterocycles. The Bertz CT molecular complexity index is 702. The molecule has 0 bridgehead atoms. The predicted octanol–water partition coefficient (Wildman–Crippen LogP) is 3.23. The number of methoxy groups -OCH3 is 3. The number of hydrogen-bond acceptors (Lipinski definition) is 6.